The number of rotatable bonds is 9. The Labute approximate surface area is 180 Å². The SMILES string of the molecule is CC(C)NC(=O)C(C)N(Cc1ccccc1F)C(=O)CSCc1cccc(Cl)c1. The lowest BCUT2D eigenvalue weighted by Crippen LogP contribution is -2.49. The number of carbonyl (C=O) groups excluding carboxylic acids is 2. The summed E-state index contributed by atoms with van der Waals surface area (Å²) < 4.78 is 14.1. The van der Waals surface area contributed by atoms with Gasteiger partial charge in [0.1, 0.15) is 11.9 Å². The number of halogens is 2. The molecule has 29 heavy (non-hydrogen) atoms. The van der Waals surface area contributed by atoms with Gasteiger partial charge in [0.2, 0.25) is 11.8 Å². The van der Waals surface area contributed by atoms with Crippen LogP contribution >= 0.6 is 23.4 Å². The van der Waals surface area contributed by atoms with Gasteiger partial charge < -0.3 is 10.2 Å². The van der Waals surface area contributed by atoms with Gasteiger partial charge in [-0.25, -0.2) is 4.39 Å². The van der Waals surface area contributed by atoms with Crippen LogP contribution in [0, 0.1) is 5.82 Å². The standard InChI is InChI=1S/C22H26ClFN2O2S/c1-15(2)25-22(28)16(3)26(12-18-8-4-5-10-20(18)24)21(27)14-29-13-17-7-6-9-19(23)11-17/h4-11,15-16H,12-14H2,1-3H3,(H,25,28). The Morgan fingerprint density at radius 2 is 1.86 bits per heavy atom. The van der Waals surface area contributed by atoms with Crippen molar-refractivity contribution in [2.24, 2.45) is 0 Å². The third-order valence-corrected chi connectivity index (χ3v) is 5.50. The van der Waals surface area contributed by atoms with E-state index in [4.69, 9.17) is 11.6 Å². The second kappa shape index (κ2) is 11.2. The van der Waals surface area contributed by atoms with Crippen LogP contribution in [0.4, 0.5) is 4.39 Å². The lowest BCUT2D eigenvalue weighted by atomic mass is 10.1. The Morgan fingerprint density at radius 3 is 2.52 bits per heavy atom. The van der Waals surface area contributed by atoms with Crippen molar-refractivity contribution < 1.29 is 14.0 Å². The van der Waals surface area contributed by atoms with Gasteiger partial charge in [-0.2, -0.15) is 0 Å². The van der Waals surface area contributed by atoms with Crippen molar-refractivity contribution in [3.8, 4) is 0 Å². The molecule has 1 N–H and O–H groups in total. The molecule has 0 bridgehead atoms. The Morgan fingerprint density at radius 1 is 1.14 bits per heavy atom. The van der Waals surface area contributed by atoms with Crippen molar-refractivity contribution >= 4 is 35.2 Å². The number of nitrogens with one attached hydrogen (secondary N) is 1. The highest BCUT2D eigenvalue weighted by Crippen LogP contribution is 2.19. The van der Waals surface area contributed by atoms with E-state index in [2.05, 4.69) is 5.32 Å². The number of nitrogens with zero attached hydrogens (tertiary/aromatic N) is 1. The predicted molar refractivity (Wildman–Crippen MR) is 117 cm³/mol. The van der Waals surface area contributed by atoms with Gasteiger partial charge in [-0.3, -0.25) is 9.59 Å². The Kier molecular flexibility index (Phi) is 8.99. The average molecular weight is 437 g/mol. The Hall–Kier alpha value is -2.05. The molecule has 0 radical (unpaired) electrons. The number of carbonyl (C=O) groups is 2. The summed E-state index contributed by atoms with van der Waals surface area (Å²) in [7, 11) is 0. The first-order valence-corrected chi connectivity index (χ1v) is 11.0. The smallest absolute Gasteiger partial charge is 0.242 e. The molecule has 2 aromatic carbocycles. The molecule has 0 spiro atoms. The minimum atomic E-state index is -0.712. The molecule has 7 heteroatoms. The minimum absolute atomic E-state index is 0.0376. The third kappa shape index (κ3) is 7.37. The summed E-state index contributed by atoms with van der Waals surface area (Å²) in [4.78, 5) is 26.8. The molecule has 0 aromatic heterocycles. The summed E-state index contributed by atoms with van der Waals surface area (Å²) in [5.41, 5.74) is 1.39. The van der Waals surface area contributed by atoms with Crippen LogP contribution in [0.1, 0.15) is 31.9 Å². The molecule has 156 valence electrons. The van der Waals surface area contributed by atoms with Crippen molar-refractivity contribution in [3.63, 3.8) is 0 Å². The molecule has 4 nitrogen and oxygen atoms in total. The van der Waals surface area contributed by atoms with E-state index in [9.17, 15) is 14.0 Å². The zero-order valence-electron chi connectivity index (χ0n) is 16.8. The summed E-state index contributed by atoms with van der Waals surface area (Å²) >= 11 is 7.43. The van der Waals surface area contributed by atoms with Crippen molar-refractivity contribution in [1.82, 2.24) is 10.2 Å². The van der Waals surface area contributed by atoms with Gasteiger partial charge >= 0.3 is 0 Å². The maximum Gasteiger partial charge on any atom is 0.242 e. The second-order valence-electron chi connectivity index (χ2n) is 7.08. The van der Waals surface area contributed by atoms with Crippen LogP contribution in [-0.4, -0.2) is 34.6 Å². The molecule has 0 aliphatic rings. The predicted octanol–water partition coefficient (Wildman–Crippen LogP) is 4.65. The highest BCUT2D eigenvalue weighted by molar-refractivity contribution is 7.99. The fourth-order valence-electron chi connectivity index (χ4n) is 2.76. The van der Waals surface area contributed by atoms with Crippen molar-refractivity contribution in [1.29, 1.82) is 0 Å². The van der Waals surface area contributed by atoms with Gasteiger partial charge in [0.15, 0.2) is 0 Å². The van der Waals surface area contributed by atoms with Gasteiger partial charge in [-0.15, -0.1) is 11.8 Å². The van der Waals surface area contributed by atoms with Gasteiger partial charge in [-0.1, -0.05) is 41.9 Å². The van der Waals surface area contributed by atoms with Crippen LogP contribution in [0.2, 0.25) is 5.02 Å². The van der Waals surface area contributed by atoms with Gasteiger partial charge in [0.25, 0.3) is 0 Å². The molecular formula is C22H26ClFN2O2S. The van der Waals surface area contributed by atoms with Gasteiger partial charge in [0, 0.05) is 28.9 Å². The summed E-state index contributed by atoms with van der Waals surface area (Å²) in [6, 6.07) is 13.0. The highest BCUT2D eigenvalue weighted by atomic mass is 35.5. The number of hydrogen-bond acceptors (Lipinski definition) is 3. The molecule has 0 fully saturated rings. The van der Waals surface area contributed by atoms with Crippen molar-refractivity contribution in [2.75, 3.05) is 5.75 Å². The van der Waals surface area contributed by atoms with Crippen LogP contribution in [0.5, 0.6) is 0 Å². The molecule has 0 aliphatic heterocycles. The van der Waals surface area contributed by atoms with E-state index in [0.717, 1.165) is 5.56 Å². The number of thioether (sulfide) groups is 1. The van der Waals surface area contributed by atoms with E-state index >= 15 is 0 Å². The molecule has 0 saturated carbocycles. The quantitative estimate of drug-likeness (QED) is 0.622. The van der Waals surface area contributed by atoms with Crippen LogP contribution in [-0.2, 0) is 21.9 Å². The number of benzene rings is 2. The molecule has 0 heterocycles. The molecule has 2 rings (SSSR count). The van der Waals surface area contributed by atoms with Crippen LogP contribution < -0.4 is 5.32 Å². The third-order valence-electron chi connectivity index (χ3n) is 4.28. The number of amides is 2. The Bertz CT molecular complexity index is 847. The first kappa shape index (κ1) is 23.2. The minimum Gasteiger partial charge on any atom is -0.352 e. The van der Waals surface area contributed by atoms with Crippen LogP contribution in [0.15, 0.2) is 48.5 Å². The maximum atomic E-state index is 14.1. The normalized spacial score (nSPS) is 11.9. The topological polar surface area (TPSA) is 49.4 Å². The van der Waals surface area contributed by atoms with Crippen molar-refractivity contribution in [3.05, 3.63) is 70.5 Å². The first-order chi connectivity index (χ1) is 13.8. The van der Waals surface area contributed by atoms with E-state index in [-0.39, 0.29) is 30.2 Å². The molecule has 2 amide bonds. The average Bonchev–Trinajstić information content (AvgIpc) is 2.66. The molecular weight excluding hydrogens is 411 g/mol. The maximum absolute atomic E-state index is 14.1. The van der Waals surface area contributed by atoms with Crippen LogP contribution in [0.25, 0.3) is 0 Å². The zero-order chi connectivity index (χ0) is 21.4. The fourth-order valence-corrected chi connectivity index (χ4v) is 3.83. The highest BCUT2D eigenvalue weighted by Gasteiger charge is 2.27. The second-order valence-corrected chi connectivity index (χ2v) is 8.50. The molecule has 2 aromatic rings. The van der Waals surface area contributed by atoms with E-state index in [0.29, 0.717) is 16.3 Å². The summed E-state index contributed by atoms with van der Waals surface area (Å²) in [5.74, 6) is -0.0725. The Balaban J connectivity index is 2.09. The molecule has 0 saturated heterocycles. The van der Waals surface area contributed by atoms with E-state index in [1.807, 2.05) is 32.0 Å². The zero-order valence-corrected chi connectivity index (χ0v) is 18.4. The van der Waals surface area contributed by atoms with E-state index < -0.39 is 11.9 Å². The number of hydrogen-bond donors (Lipinski definition) is 1. The summed E-state index contributed by atoms with van der Waals surface area (Å²) in [6.45, 7) is 5.41. The van der Waals surface area contributed by atoms with Gasteiger partial charge in [-0.05, 0) is 44.5 Å². The first-order valence-electron chi connectivity index (χ1n) is 9.43. The molecule has 1 unspecified atom stereocenters. The molecule has 0 aliphatic carbocycles. The monoisotopic (exact) mass is 436 g/mol. The summed E-state index contributed by atoms with van der Waals surface area (Å²) in [5, 5.41) is 3.47. The lowest BCUT2D eigenvalue weighted by Gasteiger charge is -2.29. The lowest BCUT2D eigenvalue weighted by molar-refractivity contribution is -0.138. The molecule has 1 atom stereocenters. The van der Waals surface area contributed by atoms with E-state index in [1.165, 1.54) is 22.7 Å². The largest absolute Gasteiger partial charge is 0.352 e. The summed E-state index contributed by atoms with van der Waals surface area (Å²) in [6.07, 6.45) is 0. The van der Waals surface area contributed by atoms with Gasteiger partial charge in [0.05, 0.1) is 5.75 Å². The fraction of sp³-hybridized carbons (Fsp3) is 0.364. The van der Waals surface area contributed by atoms with E-state index in [1.54, 1.807) is 31.2 Å². The van der Waals surface area contributed by atoms with Crippen molar-refractivity contribution in [2.45, 2.75) is 45.2 Å². The van der Waals surface area contributed by atoms with Crippen LogP contribution in [0.3, 0.4) is 0 Å².